The fourth-order valence-corrected chi connectivity index (χ4v) is 4.55. The van der Waals surface area contributed by atoms with Gasteiger partial charge in [0.25, 0.3) is 15.9 Å². The van der Waals surface area contributed by atoms with Crippen molar-refractivity contribution >= 4 is 48.2 Å². The van der Waals surface area contributed by atoms with Gasteiger partial charge in [0.2, 0.25) is 0 Å². The molecule has 0 saturated heterocycles. The monoisotopic (exact) mass is 360 g/mol. The number of anilines is 1. The summed E-state index contributed by atoms with van der Waals surface area (Å²) in [5, 5.41) is 1.81. The quantitative estimate of drug-likeness (QED) is 0.876. The molecule has 0 unspecified atom stereocenters. The lowest BCUT2D eigenvalue weighted by atomic mass is 10.3. The van der Waals surface area contributed by atoms with E-state index in [1.807, 2.05) is 0 Å². The van der Waals surface area contributed by atoms with E-state index >= 15 is 0 Å². The summed E-state index contributed by atoms with van der Waals surface area (Å²) in [5.74, 6) is -0.675. The van der Waals surface area contributed by atoms with Crippen LogP contribution in [0.15, 0.2) is 45.1 Å². The first-order valence-electron chi connectivity index (χ1n) is 5.06. The smallest absolute Gasteiger partial charge is 0.263 e. The predicted octanol–water partition coefficient (Wildman–Crippen LogP) is 2.41. The summed E-state index contributed by atoms with van der Waals surface area (Å²) in [6.07, 6.45) is 0. The van der Waals surface area contributed by atoms with Crippen molar-refractivity contribution in [3.8, 4) is 0 Å². The third-order valence-electron chi connectivity index (χ3n) is 2.28. The summed E-state index contributed by atoms with van der Waals surface area (Å²) in [7, 11) is -3.76. The van der Waals surface area contributed by atoms with E-state index in [9.17, 15) is 13.2 Å². The molecule has 0 atom stereocenters. The number of nitrogens with two attached hydrogens (primary N) is 1. The maximum atomic E-state index is 12.2. The van der Waals surface area contributed by atoms with Crippen LogP contribution in [-0.2, 0) is 10.0 Å². The first-order valence-corrected chi connectivity index (χ1v) is 8.22. The van der Waals surface area contributed by atoms with E-state index in [1.165, 1.54) is 12.1 Å². The number of carbonyl (C=O) groups is 1. The SMILES string of the molecule is NC(=O)c1ccsc1NS(=O)(=O)c1ccccc1Br. The number of primary amides is 1. The molecule has 1 amide bonds. The summed E-state index contributed by atoms with van der Waals surface area (Å²) in [4.78, 5) is 11.3. The lowest BCUT2D eigenvalue weighted by Crippen LogP contribution is -2.17. The number of carbonyl (C=O) groups excluding carboxylic acids is 1. The largest absolute Gasteiger partial charge is 0.366 e. The van der Waals surface area contributed by atoms with E-state index < -0.39 is 15.9 Å². The van der Waals surface area contributed by atoms with Crippen molar-refractivity contribution in [3.63, 3.8) is 0 Å². The van der Waals surface area contributed by atoms with Crippen LogP contribution < -0.4 is 10.5 Å². The average Bonchev–Trinajstić information content (AvgIpc) is 2.76. The van der Waals surface area contributed by atoms with Gasteiger partial charge in [-0.25, -0.2) is 8.42 Å². The molecule has 0 saturated carbocycles. The lowest BCUT2D eigenvalue weighted by Gasteiger charge is -2.08. The molecule has 0 aliphatic heterocycles. The highest BCUT2D eigenvalue weighted by Crippen LogP contribution is 2.28. The first-order chi connectivity index (χ1) is 8.92. The Morgan fingerprint density at radius 1 is 1.26 bits per heavy atom. The van der Waals surface area contributed by atoms with Crippen LogP contribution >= 0.6 is 27.3 Å². The number of rotatable bonds is 4. The van der Waals surface area contributed by atoms with Crippen LogP contribution in [0.25, 0.3) is 0 Å². The molecule has 0 fully saturated rings. The van der Waals surface area contributed by atoms with Gasteiger partial charge in [0, 0.05) is 4.47 Å². The van der Waals surface area contributed by atoms with E-state index in [4.69, 9.17) is 5.73 Å². The van der Waals surface area contributed by atoms with E-state index in [-0.39, 0.29) is 15.5 Å². The van der Waals surface area contributed by atoms with Crippen LogP contribution in [-0.4, -0.2) is 14.3 Å². The van der Waals surface area contributed by atoms with Gasteiger partial charge in [0.15, 0.2) is 0 Å². The Labute approximate surface area is 122 Å². The molecule has 5 nitrogen and oxygen atoms in total. The van der Waals surface area contributed by atoms with Crippen LogP contribution in [0.1, 0.15) is 10.4 Å². The second kappa shape index (κ2) is 5.32. The zero-order chi connectivity index (χ0) is 14.0. The molecule has 0 bridgehead atoms. The topological polar surface area (TPSA) is 89.3 Å². The first kappa shape index (κ1) is 14.0. The number of halogens is 1. The number of amides is 1. The molecule has 8 heteroatoms. The Balaban J connectivity index is 2.40. The van der Waals surface area contributed by atoms with Crippen LogP contribution in [0, 0.1) is 0 Å². The second-order valence-electron chi connectivity index (χ2n) is 3.56. The molecular weight excluding hydrogens is 352 g/mol. The standard InChI is InChI=1S/C11H9BrN2O3S2/c12-8-3-1-2-4-9(8)19(16,17)14-11-7(10(13)15)5-6-18-11/h1-6,14H,(H2,13,15). The number of nitrogens with one attached hydrogen (secondary N) is 1. The lowest BCUT2D eigenvalue weighted by molar-refractivity contribution is 0.100. The van der Waals surface area contributed by atoms with Gasteiger partial charge in [-0.05, 0) is 39.5 Å². The van der Waals surface area contributed by atoms with Gasteiger partial charge < -0.3 is 5.73 Å². The minimum atomic E-state index is -3.76. The van der Waals surface area contributed by atoms with Crippen molar-refractivity contribution in [1.29, 1.82) is 0 Å². The maximum Gasteiger partial charge on any atom is 0.263 e. The van der Waals surface area contributed by atoms with Crippen molar-refractivity contribution in [2.45, 2.75) is 4.90 Å². The molecule has 0 spiro atoms. The number of thiophene rings is 1. The van der Waals surface area contributed by atoms with Gasteiger partial charge in [-0.3, -0.25) is 9.52 Å². The minimum Gasteiger partial charge on any atom is -0.366 e. The fraction of sp³-hybridized carbons (Fsp3) is 0. The molecule has 2 rings (SSSR count). The van der Waals surface area contributed by atoms with Gasteiger partial charge in [0.1, 0.15) is 9.90 Å². The van der Waals surface area contributed by atoms with Gasteiger partial charge in [-0.2, -0.15) is 0 Å². The molecule has 19 heavy (non-hydrogen) atoms. The highest BCUT2D eigenvalue weighted by molar-refractivity contribution is 9.10. The molecule has 1 heterocycles. The molecule has 3 N–H and O–H groups in total. The van der Waals surface area contributed by atoms with Crippen molar-refractivity contribution in [2.75, 3.05) is 4.72 Å². The Morgan fingerprint density at radius 2 is 1.95 bits per heavy atom. The third-order valence-corrected chi connectivity index (χ3v) is 5.60. The van der Waals surface area contributed by atoms with Crippen molar-refractivity contribution in [3.05, 3.63) is 45.7 Å². The highest BCUT2D eigenvalue weighted by atomic mass is 79.9. The van der Waals surface area contributed by atoms with E-state index in [1.54, 1.807) is 23.6 Å². The summed E-state index contributed by atoms with van der Waals surface area (Å²) >= 11 is 4.28. The van der Waals surface area contributed by atoms with E-state index in [2.05, 4.69) is 20.7 Å². The summed E-state index contributed by atoms with van der Waals surface area (Å²) < 4.78 is 27.2. The van der Waals surface area contributed by atoms with Crippen LogP contribution in [0.2, 0.25) is 0 Å². The highest BCUT2D eigenvalue weighted by Gasteiger charge is 2.20. The minimum absolute atomic E-state index is 0.0961. The number of hydrogen-bond acceptors (Lipinski definition) is 4. The zero-order valence-corrected chi connectivity index (χ0v) is 12.7. The molecule has 2 aromatic rings. The van der Waals surface area contributed by atoms with Crippen molar-refractivity contribution in [2.24, 2.45) is 5.73 Å². The van der Waals surface area contributed by atoms with Crippen LogP contribution in [0.4, 0.5) is 5.00 Å². The number of sulfonamides is 1. The molecule has 0 radical (unpaired) electrons. The molecule has 0 aliphatic rings. The summed E-state index contributed by atoms with van der Waals surface area (Å²) in [5.41, 5.74) is 5.32. The normalized spacial score (nSPS) is 11.2. The maximum absolute atomic E-state index is 12.2. The molecule has 100 valence electrons. The second-order valence-corrected chi connectivity index (χ2v) is 6.98. The average molecular weight is 361 g/mol. The Bertz CT molecular complexity index is 725. The summed E-state index contributed by atoms with van der Waals surface area (Å²) in [6, 6.07) is 7.89. The van der Waals surface area contributed by atoms with Crippen molar-refractivity contribution < 1.29 is 13.2 Å². The van der Waals surface area contributed by atoms with Crippen LogP contribution in [0.5, 0.6) is 0 Å². The van der Waals surface area contributed by atoms with Gasteiger partial charge in [-0.15, -0.1) is 11.3 Å². The summed E-state index contributed by atoms with van der Waals surface area (Å²) in [6.45, 7) is 0. The number of benzene rings is 1. The Kier molecular flexibility index (Phi) is 3.93. The van der Waals surface area contributed by atoms with Crippen LogP contribution in [0.3, 0.4) is 0 Å². The van der Waals surface area contributed by atoms with Gasteiger partial charge >= 0.3 is 0 Å². The Hall–Kier alpha value is -1.38. The molecule has 1 aromatic heterocycles. The molecular formula is C11H9BrN2O3S2. The number of hydrogen-bond donors (Lipinski definition) is 2. The van der Waals surface area contributed by atoms with E-state index in [0.29, 0.717) is 4.47 Å². The van der Waals surface area contributed by atoms with Crippen molar-refractivity contribution in [1.82, 2.24) is 0 Å². The fourth-order valence-electron chi connectivity index (χ4n) is 1.42. The Morgan fingerprint density at radius 3 is 2.58 bits per heavy atom. The zero-order valence-electron chi connectivity index (χ0n) is 9.46. The predicted molar refractivity (Wildman–Crippen MR) is 77.8 cm³/mol. The van der Waals surface area contributed by atoms with Gasteiger partial charge in [0.05, 0.1) is 5.56 Å². The molecule has 1 aromatic carbocycles. The van der Waals surface area contributed by atoms with E-state index in [0.717, 1.165) is 11.3 Å². The molecule has 0 aliphatic carbocycles. The third kappa shape index (κ3) is 2.96. The van der Waals surface area contributed by atoms with Gasteiger partial charge in [-0.1, -0.05) is 12.1 Å².